The molecule has 0 fully saturated rings. The Kier molecular flexibility index (Phi) is 12.2. The lowest BCUT2D eigenvalue weighted by Gasteiger charge is -2.08. The zero-order valence-electron chi connectivity index (χ0n) is 22.0. The van der Waals surface area contributed by atoms with Crippen LogP contribution >= 0.6 is 11.3 Å². The van der Waals surface area contributed by atoms with E-state index in [1.807, 2.05) is 126 Å². The number of fused-ring (bicyclic) bond motifs is 3. The molecule has 0 aliphatic heterocycles. The Balaban J connectivity index is 0.000000710. The molecule has 0 radical (unpaired) electrons. The second-order valence-electron chi connectivity index (χ2n) is 6.72. The predicted molar refractivity (Wildman–Crippen MR) is 154 cm³/mol. The van der Waals surface area contributed by atoms with Crippen LogP contribution in [0.4, 0.5) is 0 Å². The Hall–Kier alpha value is -3.64. The normalized spacial score (nSPS) is 10.4. The van der Waals surface area contributed by atoms with E-state index in [-0.39, 0.29) is 5.56 Å². The third kappa shape index (κ3) is 7.18. The maximum atomic E-state index is 12.9. The number of ether oxygens (including phenoxy) is 2. The second kappa shape index (κ2) is 15.4. The standard InChI is InChI=1S/C24H18N2O3S.3C2H6/c27-23-22(30-24-25-20-11-4-5-12-21(20)26(23)24)16-17-7-6-10-19(15-17)29-14-13-28-18-8-2-1-3-9-18;3*1-2/h1-12,15-16H,13-14H2;3*1-2H3/b22-16-;;;. The molecule has 36 heavy (non-hydrogen) atoms. The third-order valence-corrected chi connectivity index (χ3v) is 5.63. The Morgan fingerprint density at radius 2 is 1.39 bits per heavy atom. The molecule has 5 nitrogen and oxygen atoms in total. The molecule has 5 rings (SSSR count). The van der Waals surface area contributed by atoms with E-state index in [1.54, 1.807) is 4.40 Å². The van der Waals surface area contributed by atoms with Crippen molar-refractivity contribution in [3.05, 3.63) is 99.3 Å². The quantitative estimate of drug-likeness (QED) is 0.234. The molecule has 5 aromatic rings. The van der Waals surface area contributed by atoms with Gasteiger partial charge in [-0.2, -0.15) is 0 Å². The number of rotatable bonds is 6. The predicted octanol–water partition coefficient (Wildman–Crippen LogP) is 6.99. The van der Waals surface area contributed by atoms with Crippen molar-refractivity contribution in [2.45, 2.75) is 41.5 Å². The van der Waals surface area contributed by atoms with Crippen molar-refractivity contribution in [3.63, 3.8) is 0 Å². The zero-order chi connectivity index (χ0) is 26.3. The van der Waals surface area contributed by atoms with Gasteiger partial charge >= 0.3 is 0 Å². The summed E-state index contributed by atoms with van der Waals surface area (Å²) in [5, 5.41) is 0. The SMILES string of the molecule is CC.CC.CC.O=c1/c(=C/c2cccc(OCCOc3ccccc3)c2)sc2nc3ccccc3n12. The van der Waals surface area contributed by atoms with Crippen molar-refractivity contribution in [2.75, 3.05) is 13.2 Å². The largest absolute Gasteiger partial charge is 0.490 e. The maximum Gasteiger partial charge on any atom is 0.274 e. The molecular weight excluding hydrogens is 468 g/mol. The van der Waals surface area contributed by atoms with Crippen LogP contribution in [-0.4, -0.2) is 22.6 Å². The highest BCUT2D eigenvalue weighted by molar-refractivity contribution is 7.15. The van der Waals surface area contributed by atoms with Crippen LogP contribution in [0.1, 0.15) is 47.1 Å². The number of thiazole rings is 1. The topological polar surface area (TPSA) is 52.8 Å². The van der Waals surface area contributed by atoms with Gasteiger partial charge in [0, 0.05) is 0 Å². The molecular formula is C30H36N2O3S. The van der Waals surface area contributed by atoms with E-state index >= 15 is 0 Å². The highest BCUT2D eigenvalue weighted by atomic mass is 32.1. The monoisotopic (exact) mass is 504 g/mol. The van der Waals surface area contributed by atoms with Gasteiger partial charge < -0.3 is 9.47 Å². The summed E-state index contributed by atoms with van der Waals surface area (Å²) in [6, 6.07) is 25.0. The van der Waals surface area contributed by atoms with Crippen LogP contribution in [0.15, 0.2) is 83.7 Å². The van der Waals surface area contributed by atoms with Crippen LogP contribution in [0.2, 0.25) is 0 Å². The van der Waals surface area contributed by atoms with Gasteiger partial charge in [0.25, 0.3) is 5.56 Å². The van der Waals surface area contributed by atoms with Crippen molar-refractivity contribution < 1.29 is 9.47 Å². The van der Waals surface area contributed by atoms with Crippen LogP contribution in [0, 0.1) is 0 Å². The number of hydrogen-bond acceptors (Lipinski definition) is 5. The molecule has 6 heteroatoms. The van der Waals surface area contributed by atoms with Crippen molar-refractivity contribution in [1.82, 2.24) is 9.38 Å². The molecule has 3 aromatic carbocycles. The number of hydrogen-bond donors (Lipinski definition) is 0. The first-order valence-electron chi connectivity index (χ1n) is 12.6. The number of benzene rings is 3. The third-order valence-electron chi connectivity index (χ3n) is 4.66. The number of para-hydroxylation sites is 3. The molecule has 0 saturated carbocycles. The van der Waals surface area contributed by atoms with E-state index in [1.165, 1.54) is 11.3 Å². The minimum atomic E-state index is -0.0497. The van der Waals surface area contributed by atoms with Crippen LogP contribution in [0.3, 0.4) is 0 Å². The summed E-state index contributed by atoms with van der Waals surface area (Å²) in [4.78, 5) is 18.2. The van der Waals surface area contributed by atoms with E-state index in [0.29, 0.717) is 22.7 Å². The van der Waals surface area contributed by atoms with E-state index in [0.717, 1.165) is 28.1 Å². The van der Waals surface area contributed by atoms with Gasteiger partial charge in [0.15, 0.2) is 4.96 Å². The minimum Gasteiger partial charge on any atom is -0.490 e. The Morgan fingerprint density at radius 1 is 0.778 bits per heavy atom. The number of nitrogens with zero attached hydrogens (tertiary/aromatic N) is 2. The van der Waals surface area contributed by atoms with Gasteiger partial charge in [-0.3, -0.25) is 4.79 Å². The van der Waals surface area contributed by atoms with Crippen LogP contribution in [-0.2, 0) is 0 Å². The first kappa shape index (κ1) is 28.6. The van der Waals surface area contributed by atoms with Crippen molar-refractivity contribution >= 4 is 33.4 Å². The molecule has 0 amide bonds. The fraction of sp³-hybridized carbons (Fsp3) is 0.267. The van der Waals surface area contributed by atoms with E-state index in [4.69, 9.17) is 9.47 Å². The van der Waals surface area contributed by atoms with Gasteiger partial charge in [0.05, 0.1) is 15.6 Å². The van der Waals surface area contributed by atoms with Gasteiger partial charge in [-0.1, -0.05) is 95.3 Å². The molecule has 0 N–H and O–H groups in total. The van der Waals surface area contributed by atoms with Gasteiger partial charge in [0.2, 0.25) is 0 Å². The van der Waals surface area contributed by atoms with E-state index in [9.17, 15) is 4.79 Å². The second-order valence-corrected chi connectivity index (χ2v) is 7.73. The summed E-state index contributed by atoms with van der Waals surface area (Å²) in [6.07, 6.45) is 1.88. The first-order valence-corrected chi connectivity index (χ1v) is 13.4. The molecule has 0 spiro atoms. The molecule has 0 saturated heterocycles. The zero-order valence-corrected chi connectivity index (χ0v) is 22.8. The fourth-order valence-electron chi connectivity index (χ4n) is 3.29. The lowest BCUT2D eigenvalue weighted by atomic mass is 10.2. The number of imidazole rings is 1. The van der Waals surface area contributed by atoms with Gasteiger partial charge in [-0.25, -0.2) is 9.38 Å². The Bertz CT molecular complexity index is 1430. The molecule has 0 atom stereocenters. The molecule has 0 aliphatic rings. The summed E-state index contributed by atoms with van der Waals surface area (Å²) in [6.45, 7) is 12.9. The molecule has 0 bridgehead atoms. The summed E-state index contributed by atoms with van der Waals surface area (Å²) >= 11 is 1.39. The van der Waals surface area contributed by atoms with Gasteiger partial charge in [-0.15, -0.1) is 0 Å². The highest BCUT2D eigenvalue weighted by Gasteiger charge is 2.10. The van der Waals surface area contributed by atoms with Gasteiger partial charge in [-0.05, 0) is 48.0 Å². The van der Waals surface area contributed by atoms with E-state index < -0.39 is 0 Å². The summed E-state index contributed by atoms with van der Waals surface area (Å²) < 4.78 is 13.8. The van der Waals surface area contributed by atoms with Crippen molar-refractivity contribution in [1.29, 1.82) is 0 Å². The lowest BCUT2D eigenvalue weighted by Crippen LogP contribution is -2.22. The Morgan fingerprint density at radius 3 is 2.11 bits per heavy atom. The fourth-order valence-corrected chi connectivity index (χ4v) is 4.28. The van der Waals surface area contributed by atoms with Crippen molar-refractivity contribution in [3.8, 4) is 11.5 Å². The van der Waals surface area contributed by atoms with E-state index in [2.05, 4.69) is 4.98 Å². The van der Waals surface area contributed by atoms with Gasteiger partial charge in [0.1, 0.15) is 24.7 Å². The first-order chi connectivity index (χ1) is 17.8. The molecule has 2 heterocycles. The molecule has 190 valence electrons. The average Bonchev–Trinajstić information content (AvgIpc) is 3.46. The average molecular weight is 505 g/mol. The van der Waals surface area contributed by atoms with Crippen LogP contribution < -0.4 is 19.6 Å². The highest BCUT2D eigenvalue weighted by Crippen LogP contribution is 2.17. The molecule has 0 unspecified atom stereocenters. The molecule has 2 aromatic heterocycles. The van der Waals surface area contributed by atoms with Crippen molar-refractivity contribution in [2.24, 2.45) is 0 Å². The summed E-state index contributed by atoms with van der Waals surface area (Å²) in [5.41, 5.74) is 2.53. The smallest absolute Gasteiger partial charge is 0.274 e. The number of aromatic nitrogens is 2. The molecule has 0 aliphatic carbocycles. The van der Waals surface area contributed by atoms with Crippen LogP contribution in [0.25, 0.3) is 22.1 Å². The Labute approximate surface area is 217 Å². The maximum absolute atomic E-state index is 12.9. The summed E-state index contributed by atoms with van der Waals surface area (Å²) in [7, 11) is 0. The lowest BCUT2D eigenvalue weighted by molar-refractivity contribution is 0.217. The van der Waals surface area contributed by atoms with Crippen LogP contribution in [0.5, 0.6) is 11.5 Å². The summed E-state index contributed by atoms with van der Waals surface area (Å²) in [5.74, 6) is 1.56. The minimum absolute atomic E-state index is 0.0497.